The van der Waals surface area contributed by atoms with Crippen LogP contribution in [0.1, 0.15) is 37.0 Å². The van der Waals surface area contributed by atoms with Crippen molar-refractivity contribution < 1.29 is 14.3 Å². The first-order valence-electron chi connectivity index (χ1n) is 9.36. The molecule has 0 amide bonds. The van der Waals surface area contributed by atoms with Crippen molar-refractivity contribution in [3.8, 4) is 11.8 Å². The van der Waals surface area contributed by atoms with Gasteiger partial charge in [0.1, 0.15) is 11.8 Å². The Morgan fingerprint density at radius 2 is 1.59 bits per heavy atom. The van der Waals surface area contributed by atoms with Gasteiger partial charge in [0, 0.05) is 10.6 Å². The molecule has 5 heteroatoms. The zero-order valence-electron chi connectivity index (χ0n) is 16.6. The molecule has 2 atom stereocenters. The predicted octanol–water partition coefficient (Wildman–Crippen LogP) is 6.05. The molecular formula is C24H22ClNO3. The summed E-state index contributed by atoms with van der Waals surface area (Å²) in [7, 11) is 1.62. The Hall–Kier alpha value is -3.03. The molecule has 0 aromatic heterocycles. The maximum atomic E-state index is 12.9. The zero-order valence-corrected chi connectivity index (χ0v) is 17.3. The molecule has 0 fully saturated rings. The Morgan fingerprint density at radius 3 is 2.21 bits per heavy atom. The van der Waals surface area contributed by atoms with Gasteiger partial charge >= 0.3 is 5.97 Å². The summed E-state index contributed by atoms with van der Waals surface area (Å²) >= 11 is 5.96. The van der Waals surface area contributed by atoms with Crippen molar-refractivity contribution in [2.24, 2.45) is 5.92 Å². The molecule has 0 aliphatic heterocycles. The number of nitriles is 1. The number of carbonyl (C=O) groups excluding carboxylic acids is 1. The number of hydrogen-bond acceptors (Lipinski definition) is 4. The summed E-state index contributed by atoms with van der Waals surface area (Å²) < 4.78 is 10.9. The molecule has 0 aliphatic rings. The van der Waals surface area contributed by atoms with E-state index < -0.39 is 18.0 Å². The van der Waals surface area contributed by atoms with Crippen molar-refractivity contribution in [3.05, 3.63) is 76.8 Å². The van der Waals surface area contributed by atoms with Gasteiger partial charge in [0.25, 0.3) is 0 Å². The van der Waals surface area contributed by atoms with E-state index in [1.165, 1.54) is 0 Å². The lowest BCUT2D eigenvalue weighted by Crippen LogP contribution is -2.22. The van der Waals surface area contributed by atoms with Crippen molar-refractivity contribution in [1.82, 2.24) is 0 Å². The molecular weight excluding hydrogens is 386 g/mol. The van der Waals surface area contributed by atoms with E-state index in [-0.39, 0.29) is 5.92 Å². The van der Waals surface area contributed by atoms with Crippen LogP contribution in [0, 0.1) is 17.2 Å². The van der Waals surface area contributed by atoms with E-state index in [1.807, 2.05) is 56.3 Å². The minimum Gasteiger partial charge on any atom is -0.497 e. The summed E-state index contributed by atoms with van der Waals surface area (Å²) in [6.45, 7) is 3.90. The smallest absolute Gasteiger partial charge is 0.315 e. The van der Waals surface area contributed by atoms with Gasteiger partial charge in [0.05, 0.1) is 13.0 Å². The third kappa shape index (κ3) is 4.70. The number of rotatable bonds is 6. The number of halogens is 1. The number of nitrogens with zero attached hydrogens (tertiary/aromatic N) is 1. The Kier molecular flexibility index (Phi) is 6.41. The van der Waals surface area contributed by atoms with Crippen LogP contribution >= 0.6 is 11.6 Å². The molecule has 0 heterocycles. The van der Waals surface area contributed by atoms with Crippen LogP contribution in [0.4, 0.5) is 0 Å². The number of carbonyl (C=O) groups is 1. The first-order valence-corrected chi connectivity index (χ1v) is 9.74. The summed E-state index contributed by atoms with van der Waals surface area (Å²) in [5, 5.41) is 12.2. The van der Waals surface area contributed by atoms with E-state index in [1.54, 1.807) is 25.3 Å². The normalized spacial score (nSPS) is 13.0. The number of benzene rings is 3. The van der Waals surface area contributed by atoms with E-state index in [0.717, 1.165) is 22.1 Å². The highest BCUT2D eigenvalue weighted by atomic mass is 35.5. The molecule has 0 radical (unpaired) electrons. The zero-order chi connectivity index (χ0) is 21.0. The van der Waals surface area contributed by atoms with Crippen molar-refractivity contribution in [2.45, 2.75) is 25.9 Å². The van der Waals surface area contributed by atoms with Gasteiger partial charge in [-0.05, 0) is 52.6 Å². The molecule has 0 aliphatic carbocycles. The minimum absolute atomic E-state index is 0.00656. The first-order chi connectivity index (χ1) is 13.9. The van der Waals surface area contributed by atoms with Gasteiger partial charge in [0.2, 0.25) is 6.10 Å². The molecule has 4 nitrogen and oxygen atoms in total. The number of ether oxygens (including phenoxy) is 2. The quantitative estimate of drug-likeness (QED) is 0.466. The topological polar surface area (TPSA) is 59.3 Å². The maximum Gasteiger partial charge on any atom is 0.315 e. The van der Waals surface area contributed by atoms with Gasteiger partial charge in [-0.2, -0.15) is 5.26 Å². The summed E-state index contributed by atoms with van der Waals surface area (Å²) in [6, 6.07) is 20.5. The van der Waals surface area contributed by atoms with Crippen LogP contribution in [0.15, 0.2) is 60.7 Å². The van der Waals surface area contributed by atoms with Gasteiger partial charge in [-0.15, -0.1) is 0 Å². The Bertz CT molecular complexity index is 1050. The highest BCUT2D eigenvalue weighted by Gasteiger charge is 2.28. The Balaban J connectivity index is 1.86. The SMILES string of the molecule is COc1ccc2cc([C@H](C#N)OC(=O)[C@@H](c3ccc(Cl)cc3)C(C)C)ccc2c1. The highest BCUT2D eigenvalue weighted by molar-refractivity contribution is 6.30. The lowest BCUT2D eigenvalue weighted by molar-refractivity contribution is -0.150. The van der Waals surface area contributed by atoms with Gasteiger partial charge in [0.15, 0.2) is 0 Å². The molecule has 148 valence electrons. The minimum atomic E-state index is -0.984. The van der Waals surface area contributed by atoms with Crippen molar-refractivity contribution >= 4 is 28.3 Å². The average Bonchev–Trinajstić information content (AvgIpc) is 2.72. The summed E-state index contributed by atoms with van der Waals surface area (Å²) in [5.74, 6) is -0.139. The van der Waals surface area contributed by atoms with Crippen LogP contribution in [-0.2, 0) is 9.53 Å². The van der Waals surface area contributed by atoms with Crippen LogP contribution < -0.4 is 4.74 Å². The second-order valence-corrected chi connectivity index (χ2v) is 7.63. The van der Waals surface area contributed by atoms with E-state index in [2.05, 4.69) is 6.07 Å². The maximum absolute atomic E-state index is 12.9. The molecule has 0 unspecified atom stereocenters. The molecule has 3 aromatic carbocycles. The second-order valence-electron chi connectivity index (χ2n) is 7.19. The first kappa shape index (κ1) is 20.7. The number of fused-ring (bicyclic) bond motifs is 1. The van der Waals surface area contributed by atoms with Crippen LogP contribution in [0.2, 0.25) is 5.02 Å². The third-order valence-corrected chi connectivity index (χ3v) is 5.13. The van der Waals surface area contributed by atoms with Crippen LogP contribution in [-0.4, -0.2) is 13.1 Å². The Labute approximate surface area is 175 Å². The van der Waals surface area contributed by atoms with E-state index >= 15 is 0 Å². The molecule has 0 spiro atoms. The molecule has 0 saturated carbocycles. The fourth-order valence-corrected chi connectivity index (χ4v) is 3.48. The summed E-state index contributed by atoms with van der Waals surface area (Å²) in [5.41, 5.74) is 1.45. The van der Waals surface area contributed by atoms with Crippen LogP contribution in [0.25, 0.3) is 10.8 Å². The molecule has 3 aromatic rings. The highest BCUT2D eigenvalue weighted by Crippen LogP contribution is 2.31. The Morgan fingerprint density at radius 1 is 0.966 bits per heavy atom. The lowest BCUT2D eigenvalue weighted by Gasteiger charge is -2.22. The standard InChI is InChI=1S/C24H22ClNO3/c1-15(2)23(16-6-9-20(25)10-7-16)24(27)29-22(14-26)19-5-4-18-13-21(28-3)11-8-17(18)12-19/h4-13,15,22-23H,1-3H3/t22-,23+/m0/s1. The average molecular weight is 408 g/mol. The van der Waals surface area contributed by atoms with Gasteiger partial charge in [-0.25, -0.2) is 0 Å². The third-order valence-electron chi connectivity index (χ3n) is 4.88. The predicted molar refractivity (Wildman–Crippen MR) is 114 cm³/mol. The van der Waals surface area contributed by atoms with Gasteiger partial charge in [-0.3, -0.25) is 4.79 Å². The molecule has 0 N–H and O–H groups in total. The summed E-state index contributed by atoms with van der Waals surface area (Å²) in [4.78, 5) is 12.9. The molecule has 29 heavy (non-hydrogen) atoms. The number of methoxy groups -OCH3 is 1. The van der Waals surface area contributed by atoms with Crippen LogP contribution in [0.3, 0.4) is 0 Å². The van der Waals surface area contributed by atoms with Crippen molar-refractivity contribution in [2.75, 3.05) is 7.11 Å². The largest absolute Gasteiger partial charge is 0.497 e. The van der Waals surface area contributed by atoms with Crippen LogP contribution in [0.5, 0.6) is 5.75 Å². The van der Waals surface area contributed by atoms with E-state index in [0.29, 0.717) is 10.6 Å². The van der Waals surface area contributed by atoms with E-state index in [4.69, 9.17) is 21.1 Å². The van der Waals surface area contributed by atoms with Crippen molar-refractivity contribution in [1.29, 1.82) is 5.26 Å². The van der Waals surface area contributed by atoms with Crippen molar-refractivity contribution in [3.63, 3.8) is 0 Å². The fraction of sp³-hybridized carbons (Fsp3) is 0.250. The molecule has 3 rings (SSSR count). The molecule has 0 saturated heterocycles. The second kappa shape index (κ2) is 8.98. The van der Waals surface area contributed by atoms with Gasteiger partial charge < -0.3 is 9.47 Å². The summed E-state index contributed by atoms with van der Waals surface area (Å²) in [6.07, 6.45) is -0.984. The molecule has 0 bridgehead atoms. The number of esters is 1. The fourth-order valence-electron chi connectivity index (χ4n) is 3.35. The monoisotopic (exact) mass is 407 g/mol. The number of hydrogen-bond donors (Lipinski definition) is 0. The van der Waals surface area contributed by atoms with E-state index in [9.17, 15) is 10.1 Å². The van der Waals surface area contributed by atoms with Gasteiger partial charge in [-0.1, -0.05) is 55.8 Å². The lowest BCUT2D eigenvalue weighted by atomic mass is 9.88.